The van der Waals surface area contributed by atoms with Gasteiger partial charge in [0.1, 0.15) is 11.3 Å². The van der Waals surface area contributed by atoms with Gasteiger partial charge >= 0.3 is 0 Å². The Bertz CT molecular complexity index is 1220. The van der Waals surface area contributed by atoms with E-state index in [2.05, 4.69) is 9.71 Å². The number of hydrogen-bond donors (Lipinski definition) is 1. The van der Waals surface area contributed by atoms with Gasteiger partial charge in [-0.3, -0.25) is 0 Å². The Morgan fingerprint density at radius 3 is 2.50 bits per heavy atom. The van der Waals surface area contributed by atoms with E-state index in [4.69, 9.17) is 4.98 Å². The van der Waals surface area contributed by atoms with Crippen molar-refractivity contribution in [1.82, 2.24) is 19.3 Å². The number of nitrogens with one attached hydrogen (secondary N) is 1. The maximum atomic E-state index is 12.6. The second kappa shape index (κ2) is 7.53. The predicted octanol–water partition coefficient (Wildman–Crippen LogP) is 3.39. The van der Waals surface area contributed by atoms with Gasteiger partial charge < -0.3 is 4.57 Å². The number of rotatable bonds is 6. The maximum Gasteiger partial charge on any atom is 0.240 e. The summed E-state index contributed by atoms with van der Waals surface area (Å²) < 4.78 is 29.9. The van der Waals surface area contributed by atoms with Gasteiger partial charge in [0.15, 0.2) is 5.65 Å². The van der Waals surface area contributed by atoms with E-state index in [9.17, 15) is 8.42 Å². The number of hydrogen-bond acceptors (Lipinski definition) is 4. The molecule has 4 rings (SSSR count). The minimum absolute atomic E-state index is 0.235. The van der Waals surface area contributed by atoms with Crippen molar-refractivity contribution in [2.45, 2.75) is 18.4 Å². The van der Waals surface area contributed by atoms with Gasteiger partial charge in [-0.1, -0.05) is 48.5 Å². The summed E-state index contributed by atoms with van der Waals surface area (Å²) in [6, 6.07) is 20.5. The lowest BCUT2D eigenvalue weighted by Crippen LogP contribution is -2.28. The fourth-order valence-electron chi connectivity index (χ4n) is 3.21. The Morgan fingerprint density at radius 1 is 0.964 bits per heavy atom. The molecule has 0 aliphatic rings. The van der Waals surface area contributed by atoms with Gasteiger partial charge in [-0.15, -0.1) is 0 Å². The summed E-state index contributed by atoms with van der Waals surface area (Å²) in [6.45, 7) is 2.44. The third kappa shape index (κ3) is 3.54. The lowest BCUT2D eigenvalue weighted by atomic mass is 10.2. The lowest BCUT2D eigenvalue weighted by Gasteiger charge is -2.11. The van der Waals surface area contributed by atoms with Crippen LogP contribution in [-0.2, 0) is 16.6 Å². The normalized spacial score (nSPS) is 11.8. The molecule has 7 heteroatoms. The number of pyridine rings is 1. The zero-order valence-corrected chi connectivity index (χ0v) is 16.2. The summed E-state index contributed by atoms with van der Waals surface area (Å²) in [5.41, 5.74) is 3.19. The SMILES string of the molecule is Cc1ccccc1S(=O)(=O)NCCn1c(-c2ccccc2)nc2cccnc21. The number of aryl methyl sites for hydroxylation is 1. The fourth-order valence-corrected chi connectivity index (χ4v) is 4.47. The average molecular weight is 392 g/mol. The Kier molecular flexibility index (Phi) is 4.93. The van der Waals surface area contributed by atoms with Crippen LogP contribution >= 0.6 is 0 Å². The molecule has 6 nitrogen and oxygen atoms in total. The molecule has 2 heterocycles. The van der Waals surface area contributed by atoms with E-state index in [-0.39, 0.29) is 6.54 Å². The van der Waals surface area contributed by atoms with Crippen molar-refractivity contribution < 1.29 is 8.42 Å². The summed E-state index contributed by atoms with van der Waals surface area (Å²) in [5.74, 6) is 0.768. The number of imidazole rings is 1. The number of fused-ring (bicyclic) bond motifs is 1. The van der Waals surface area contributed by atoms with Crippen LogP contribution in [0.1, 0.15) is 5.56 Å². The zero-order valence-electron chi connectivity index (χ0n) is 15.4. The molecule has 0 aliphatic carbocycles. The van der Waals surface area contributed by atoms with Crippen molar-refractivity contribution in [2.24, 2.45) is 0 Å². The fraction of sp³-hybridized carbons (Fsp3) is 0.143. The molecule has 1 N–H and O–H groups in total. The highest BCUT2D eigenvalue weighted by Gasteiger charge is 2.17. The predicted molar refractivity (Wildman–Crippen MR) is 109 cm³/mol. The molecule has 0 atom stereocenters. The minimum atomic E-state index is -3.58. The molecule has 0 amide bonds. The van der Waals surface area contributed by atoms with Crippen LogP contribution in [0.3, 0.4) is 0 Å². The molecule has 0 unspecified atom stereocenters. The van der Waals surface area contributed by atoms with Crippen LogP contribution in [0.15, 0.2) is 77.8 Å². The lowest BCUT2D eigenvalue weighted by molar-refractivity contribution is 0.574. The first-order valence-corrected chi connectivity index (χ1v) is 10.5. The summed E-state index contributed by atoms with van der Waals surface area (Å²) in [6.07, 6.45) is 1.72. The van der Waals surface area contributed by atoms with Crippen molar-refractivity contribution >= 4 is 21.2 Å². The Balaban J connectivity index is 1.63. The molecule has 28 heavy (non-hydrogen) atoms. The van der Waals surface area contributed by atoms with Crippen LogP contribution in [0.2, 0.25) is 0 Å². The molecule has 0 spiro atoms. The van der Waals surface area contributed by atoms with Crippen LogP contribution in [0.5, 0.6) is 0 Å². The molecular formula is C21H20N4O2S. The molecule has 142 valence electrons. The Labute approximate surface area is 163 Å². The van der Waals surface area contributed by atoms with Gasteiger partial charge in [0.05, 0.1) is 4.90 Å². The molecule has 0 bridgehead atoms. The summed E-state index contributed by atoms with van der Waals surface area (Å²) >= 11 is 0. The van der Waals surface area contributed by atoms with Gasteiger partial charge in [0, 0.05) is 24.8 Å². The molecule has 0 saturated carbocycles. The van der Waals surface area contributed by atoms with E-state index < -0.39 is 10.0 Å². The number of aromatic nitrogens is 3. The van der Waals surface area contributed by atoms with Crippen molar-refractivity contribution in [3.8, 4) is 11.4 Å². The highest BCUT2D eigenvalue weighted by Crippen LogP contribution is 2.23. The van der Waals surface area contributed by atoms with Crippen LogP contribution in [-0.4, -0.2) is 29.5 Å². The summed E-state index contributed by atoms with van der Waals surface area (Å²) in [5, 5.41) is 0. The van der Waals surface area contributed by atoms with Crippen molar-refractivity contribution in [3.05, 3.63) is 78.5 Å². The minimum Gasteiger partial charge on any atom is -0.307 e. The highest BCUT2D eigenvalue weighted by molar-refractivity contribution is 7.89. The van der Waals surface area contributed by atoms with E-state index in [0.29, 0.717) is 11.4 Å². The van der Waals surface area contributed by atoms with E-state index in [1.165, 1.54) is 0 Å². The maximum absolute atomic E-state index is 12.6. The molecular weight excluding hydrogens is 372 g/mol. The van der Waals surface area contributed by atoms with Gasteiger partial charge in [-0.25, -0.2) is 23.1 Å². The average Bonchev–Trinajstić information content (AvgIpc) is 3.07. The van der Waals surface area contributed by atoms with Gasteiger partial charge in [-0.05, 0) is 30.7 Å². The highest BCUT2D eigenvalue weighted by atomic mass is 32.2. The second-order valence-electron chi connectivity index (χ2n) is 6.46. The Hall–Kier alpha value is -3.03. The first-order valence-electron chi connectivity index (χ1n) is 8.98. The van der Waals surface area contributed by atoms with E-state index in [1.54, 1.807) is 31.3 Å². The van der Waals surface area contributed by atoms with Gasteiger partial charge in [0.2, 0.25) is 10.0 Å². The summed E-state index contributed by atoms with van der Waals surface area (Å²) in [7, 11) is -3.58. The van der Waals surface area contributed by atoms with Crippen LogP contribution < -0.4 is 4.72 Å². The molecule has 0 saturated heterocycles. The van der Waals surface area contributed by atoms with Crippen molar-refractivity contribution in [3.63, 3.8) is 0 Å². The summed E-state index contributed by atoms with van der Waals surface area (Å²) in [4.78, 5) is 9.43. The first-order chi connectivity index (χ1) is 13.6. The van der Waals surface area contributed by atoms with Crippen molar-refractivity contribution in [1.29, 1.82) is 0 Å². The first kappa shape index (κ1) is 18.3. The molecule has 0 radical (unpaired) electrons. The molecule has 2 aromatic heterocycles. The van der Waals surface area contributed by atoms with Gasteiger partial charge in [0.25, 0.3) is 0 Å². The van der Waals surface area contributed by atoms with Gasteiger partial charge in [-0.2, -0.15) is 0 Å². The quantitative estimate of drug-likeness (QED) is 0.546. The number of sulfonamides is 1. The van der Waals surface area contributed by atoms with Crippen LogP contribution in [0.4, 0.5) is 0 Å². The van der Waals surface area contributed by atoms with E-state index in [0.717, 1.165) is 28.1 Å². The monoisotopic (exact) mass is 392 g/mol. The Morgan fingerprint density at radius 2 is 1.71 bits per heavy atom. The van der Waals surface area contributed by atoms with Crippen LogP contribution in [0, 0.1) is 6.92 Å². The third-order valence-electron chi connectivity index (χ3n) is 4.55. The smallest absolute Gasteiger partial charge is 0.240 e. The molecule has 2 aromatic carbocycles. The van der Waals surface area contributed by atoms with E-state index in [1.807, 2.05) is 53.1 Å². The second-order valence-corrected chi connectivity index (χ2v) is 8.20. The zero-order chi connectivity index (χ0) is 19.6. The number of nitrogens with zero attached hydrogens (tertiary/aromatic N) is 3. The largest absolute Gasteiger partial charge is 0.307 e. The van der Waals surface area contributed by atoms with Crippen LogP contribution in [0.25, 0.3) is 22.6 Å². The molecule has 0 aliphatic heterocycles. The van der Waals surface area contributed by atoms with Crippen molar-refractivity contribution in [2.75, 3.05) is 6.54 Å². The topological polar surface area (TPSA) is 76.9 Å². The number of benzene rings is 2. The van der Waals surface area contributed by atoms with E-state index >= 15 is 0 Å². The molecule has 4 aromatic rings. The third-order valence-corrected chi connectivity index (χ3v) is 6.17. The standard InChI is InChI=1S/C21H20N4O2S/c1-16-8-5-6-12-19(16)28(26,27)23-14-15-25-20(17-9-3-2-4-10-17)24-18-11-7-13-22-21(18)25/h2-13,23H,14-15H2,1H3. The molecule has 0 fully saturated rings.